The van der Waals surface area contributed by atoms with Gasteiger partial charge in [-0.2, -0.15) is 12.8 Å². The topological polar surface area (TPSA) is 57.5 Å². The molecule has 124 valence electrons. The summed E-state index contributed by atoms with van der Waals surface area (Å²) in [6, 6.07) is 0. The average molecular weight is 370 g/mol. The molecular formula is C16H38O3Zr. The van der Waals surface area contributed by atoms with E-state index in [1.807, 2.05) is 0 Å². The van der Waals surface area contributed by atoms with Crippen LogP contribution < -0.4 is 0 Å². The Morgan fingerprint density at radius 1 is 0.700 bits per heavy atom. The Kier molecular flexibility index (Phi) is 98.1. The first-order valence-corrected chi connectivity index (χ1v) is 8.67. The number of rotatable bonds is 6. The Labute approximate surface area is 143 Å². The molecule has 4 heteroatoms. The van der Waals surface area contributed by atoms with Crippen LogP contribution in [0.5, 0.6) is 0 Å². The van der Waals surface area contributed by atoms with Gasteiger partial charge in [-0.3, -0.25) is 0 Å². The number of aliphatic hydroxyl groups excluding tert-OH is 2. The van der Waals surface area contributed by atoms with E-state index in [0.29, 0.717) is 37.9 Å². The van der Waals surface area contributed by atoms with Gasteiger partial charge in [-0.05, 0) is 12.8 Å². The van der Waals surface area contributed by atoms with Gasteiger partial charge in [0.1, 0.15) is 0 Å². The zero-order chi connectivity index (χ0) is 17.1. The van der Waals surface area contributed by atoms with Gasteiger partial charge in [0, 0.05) is 13.2 Å². The third kappa shape index (κ3) is 132. The van der Waals surface area contributed by atoms with Crippen molar-refractivity contribution in [2.24, 2.45) is 0 Å². The molecule has 0 aromatic carbocycles. The summed E-state index contributed by atoms with van der Waals surface area (Å²) >= 11 is 0.300. The van der Waals surface area contributed by atoms with Gasteiger partial charge < -0.3 is 24.1 Å². The second-order valence-corrected chi connectivity index (χ2v) is 3.86. The van der Waals surface area contributed by atoms with Gasteiger partial charge in [-0.25, -0.2) is 0 Å². The molecule has 0 radical (unpaired) electrons. The molecule has 0 saturated carbocycles. The van der Waals surface area contributed by atoms with Crippen LogP contribution in [0.15, 0.2) is 0 Å². The monoisotopic (exact) mass is 368 g/mol. The zero-order valence-corrected chi connectivity index (χ0v) is 16.7. The van der Waals surface area contributed by atoms with Crippen molar-refractivity contribution >= 4 is 0 Å². The molecule has 0 heterocycles. The Balaban J connectivity index is -0.0000000482. The molecule has 20 heavy (non-hydrogen) atoms. The Morgan fingerprint density at radius 3 is 0.900 bits per heavy atom. The third-order valence-electron chi connectivity index (χ3n) is 1.73. The SMILES string of the molecule is CCCCO.CCCCO.[CH2-]CCC.[CH2-]CCC.[O]=[Zr+2]. The molecule has 0 amide bonds. The molecule has 0 fully saturated rings. The van der Waals surface area contributed by atoms with E-state index >= 15 is 0 Å². The molecule has 3 nitrogen and oxygen atoms in total. The fraction of sp³-hybridized carbons (Fsp3) is 0.875. The second kappa shape index (κ2) is 60.3. The van der Waals surface area contributed by atoms with Crippen molar-refractivity contribution in [3.63, 3.8) is 0 Å². The van der Waals surface area contributed by atoms with Gasteiger partial charge in [0.05, 0.1) is 0 Å². The first-order chi connectivity index (χ1) is 9.66. The maximum atomic E-state index is 8.34. The molecule has 0 atom stereocenters. The van der Waals surface area contributed by atoms with Crippen LogP contribution in [-0.4, -0.2) is 23.4 Å². The standard InChI is InChI=1S/2C4H10O.2C4H9.O.Zr/c2*1-2-3-4-5;2*1-3-4-2;;/h2*5H,2-4H2,1H3;2*1,3-4H2,2H3;;/q;;2*-1;;+2. The van der Waals surface area contributed by atoms with E-state index in [4.69, 9.17) is 13.0 Å². The van der Waals surface area contributed by atoms with Crippen molar-refractivity contribution in [2.45, 2.75) is 79.1 Å². The molecule has 0 bridgehead atoms. The Hall–Kier alpha value is 0.603. The van der Waals surface area contributed by atoms with Crippen LogP contribution in [0, 0.1) is 13.8 Å². The summed E-state index contributed by atoms with van der Waals surface area (Å²) in [6.45, 7) is 16.2. The van der Waals surface area contributed by atoms with Crippen LogP contribution in [0.25, 0.3) is 0 Å². The average Bonchev–Trinajstić information content (AvgIpc) is 2.52. The van der Waals surface area contributed by atoms with Gasteiger partial charge in [0.15, 0.2) is 0 Å². The first kappa shape index (κ1) is 32.5. The molecule has 0 saturated heterocycles. The third-order valence-corrected chi connectivity index (χ3v) is 1.73. The second-order valence-electron chi connectivity index (χ2n) is 3.86. The Morgan fingerprint density at radius 2 is 0.900 bits per heavy atom. The van der Waals surface area contributed by atoms with Crippen molar-refractivity contribution in [3.8, 4) is 0 Å². The molecule has 2 N–H and O–H groups in total. The van der Waals surface area contributed by atoms with Crippen LogP contribution >= 0.6 is 0 Å². The summed E-state index contributed by atoms with van der Waals surface area (Å²) in [5.74, 6) is 0. The molecular weight excluding hydrogens is 331 g/mol. The molecule has 0 aliphatic carbocycles. The molecule has 0 unspecified atom stereocenters. The van der Waals surface area contributed by atoms with Gasteiger partial charge in [0.25, 0.3) is 0 Å². The number of hydrogen-bond acceptors (Lipinski definition) is 3. The fourth-order valence-electron chi connectivity index (χ4n) is 0.316. The summed E-state index contributed by atoms with van der Waals surface area (Å²) in [4.78, 5) is 0. The number of hydrogen-bond donors (Lipinski definition) is 2. The summed E-state index contributed by atoms with van der Waals surface area (Å²) in [5.41, 5.74) is 0. The van der Waals surface area contributed by atoms with Crippen LogP contribution in [0.2, 0.25) is 0 Å². The molecule has 0 aliphatic rings. The van der Waals surface area contributed by atoms with Gasteiger partial charge in [0.2, 0.25) is 0 Å². The Bertz CT molecular complexity index is 75.8. The van der Waals surface area contributed by atoms with Crippen LogP contribution in [-0.2, 0) is 27.5 Å². The molecule has 0 rings (SSSR count). The van der Waals surface area contributed by atoms with E-state index in [1.165, 1.54) is 12.8 Å². The van der Waals surface area contributed by atoms with E-state index in [2.05, 4.69) is 41.5 Å². The minimum atomic E-state index is 0.300. The van der Waals surface area contributed by atoms with Crippen molar-refractivity contribution in [1.29, 1.82) is 0 Å². The van der Waals surface area contributed by atoms with Crippen molar-refractivity contribution < 1.29 is 37.7 Å². The maximum absolute atomic E-state index is 8.34. The van der Waals surface area contributed by atoms with Crippen molar-refractivity contribution in [1.82, 2.24) is 0 Å². The van der Waals surface area contributed by atoms with Gasteiger partial charge >= 0.3 is 27.5 Å². The van der Waals surface area contributed by atoms with Crippen LogP contribution in [0.3, 0.4) is 0 Å². The van der Waals surface area contributed by atoms with E-state index in [9.17, 15) is 0 Å². The van der Waals surface area contributed by atoms with E-state index in [0.717, 1.165) is 38.5 Å². The zero-order valence-electron chi connectivity index (χ0n) is 14.3. The molecule has 0 aromatic heterocycles. The fourth-order valence-corrected chi connectivity index (χ4v) is 0.316. The van der Waals surface area contributed by atoms with Crippen LogP contribution in [0.1, 0.15) is 79.1 Å². The summed E-state index contributed by atoms with van der Waals surface area (Å²) in [7, 11) is 0. The summed E-state index contributed by atoms with van der Waals surface area (Å²) in [5, 5.41) is 16.1. The normalized spacial score (nSPS) is 7.50. The van der Waals surface area contributed by atoms with Crippen molar-refractivity contribution in [3.05, 3.63) is 13.8 Å². The van der Waals surface area contributed by atoms with E-state index < -0.39 is 0 Å². The predicted molar refractivity (Wildman–Crippen MR) is 85.2 cm³/mol. The molecule has 0 spiro atoms. The predicted octanol–water partition coefficient (Wildman–Crippen LogP) is 4.68. The van der Waals surface area contributed by atoms with Crippen LogP contribution in [0.4, 0.5) is 0 Å². The van der Waals surface area contributed by atoms with Gasteiger partial charge in [-0.15, -0.1) is 0 Å². The van der Waals surface area contributed by atoms with E-state index in [-0.39, 0.29) is 0 Å². The molecule has 0 aromatic rings. The summed E-state index contributed by atoms with van der Waals surface area (Å²) < 4.78 is 8.34. The number of aliphatic hydroxyl groups is 2. The molecule has 0 aliphatic heterocycles. The minimum absolute atomic E-state index is 0.300. The number of unbranched alkanes of at least 4 members (excludes halogenated alkanes) is 4. The van der Waals surface area contributed by atoms with E-state index in [1.54, 1.807) is 0 Å². The summed E-state index contributed by atoms with van der Waals surface area (Å²) in [6.07, 6.45) is 8.63. The van der Waals surface area contributed by atoms with Gasteiger partial charge in [-0.1, -0.05) is 53.4 Å². The first-order valence-electron chi connectivity index (χ1n) is 7.67. The van der Waals surface area contributed by atoms with Crippen molar-refractivity contribution in [2.75, 3.05) is 13.2 Å². The quantitative estimate of drug-likeness (QED) is 0.668.